The number of ether oxygens (including phenoxy) is 1. The SMILES string of the molecule is CCOC(=O)NSNc1ccc(Cl)cc1. The van der Waals surface area contributed by atoms with Crippen molar-refractivity contribution >= 4 is 35.5 Å². The van der Waals surface area contributed by atoms with E-state index in [1.54, 1.807) is 19.1 Å². The molecule has 4 nitrogen and oxygen atoms in total. The van der Waals surface area contributed by atoms with Gasteiger partial charge in [-0.05, 0) is 31.2 Å². The zero-order valence-electron chi connectivity index (χ0n) is 8.12. The molecule has 0 spiro atoms. The lowest BCUT2D eigenvalue weighted by Gasteiger charge is -2.06. The summed E-state index contributed by atoms with van der Waals surface area (Å²) >= 11 is 6.76. The van der Waals surface area contributed by atoms with Gasteiger partial charge in [0, 0.05) is 10.7 Å². The molecule has 0 fully saturated rings. The van der Waals surface area contributed by atoms with Crippen molar-refractivity contribution in [2.45, 2.75) is 6.92 Å². The van der Waals surface area contributed by atoms with Gasteiger partial charge in [-0.3, -0.25) is 0 Å². The van der Waals surface area contributed by atoms with Crippen LogP contribution in [-0.2, 0) is 4.74 Å². The van der Waals surface area contributed by atoms with E-state index in [0.29, 0.717) is 11.6 Å². The molecule has 0 heterocycles. The van der Waals surface area contributed by atoms with Crippen molar-refractivity contribution in [3.05, 3.63) is 29.3 Å². The smallest absolute Gasteiger partial charge is 0.418 e. The van der Waals surface area contributed by atoms with Crippen LogP contribution in [-0.4, -0.2) is 12.7 Å². The molecule has 0 unspecified atom stereocenters. The summed E-state index contributed by atoms with van der Waals surface area (Å²) in [6.45, 7) is 2.10. The Labute approximate surface area is 97.6 Å². The number of hydrogen-bond donors (Lipinski definition) is 2. The molecule has 0 aliphatic carbocycles. The highest BCUT2D eigenvalue weighted by atomic mass is 35.5. The summed E-state index contributed by atoms with van der Waals surface area (Å²) in [5.74, 6) is 0. The number of anilines is 1. The number of rotatable bonds is 4. The van der Waals surface area contributed by atoms with Gasteiger partial charge in [0.25, 0.3) is 0 Å². The Hall–Kier alpha value is -1.07. The van der Waals surface area contributed by atoms with E-state index in [1.165, 1.54) is 0 Å². The van der Waals surface area contributed by atoms with Crippen molar-refractivity contribution in [3.8, 4) is 0 Å². The third-order valence-corrected chi connectivity index (χ3v) is 2.28. The third-order valence-electron chi connectivity index (χ3n) is 1.42. The standard InChI is InChI=1S/C9H11ClN2O2S/c1-2-14-9(13)12-15-11-8-5-3-7(10)4-6-8/h3-6,11H,2H2,1H3,(H,12,13). The number of hydrogen-bond acceptors (Lipinski definition) is 4. The van der Waals surface area contributed by atoms with Crippen LogP contribution in [0.4, 0.5) is 10.5 Å². The lowest BCUT2D eigenvalue weighted by molar-refractivity contribution is 0.159. The van der Waals surface area contributed by atoms with Gasteiger partial charge in [0.1, 0.15) is 0 Å². The summed E-state index contributed by atoms with van der Waals surface area (Å²) in [5, 5.41) is 0.670. The molecule has 0 aliphatic rings. The molecule has 2 N–H and O–H groups in total. The summed E-state index contributed by atoms with van der Waals surface area (Å²) in [5.41, 5.74) is 0.848. The van der Waals surface area contributed by atoms with Crippen molar-refractivity contribution in [2.24, 2.45) is 0 Å². The second-order valence-electron chi connectivity index (χ2n) is 2.53. The van der Waals surface area contributed by atoms with Crippen LogP contribution < -0.4 is 9.44 Å². The molecule has 1 amide bonds. The van der Waals surface area contributed by atoms with E-state index >= 15 is 0 Å². The fourth-order valence-electron chi connectivity index (χ4n) is 0.805. The van der Waals surface area contributed by atoms with Gasteiger partial charge >= 0.3 is 6.09 Å². The fourth-order valence-corrected chi connectivity index (χ4v) is 1.38. The molecule has 6 heteroatoms. The molecule has 82 valence electrons. The molecule has 15 heavy (non-hydrogen) atoms. The molecule has 0 bridgehead atoms. The normalized spacial score (nSPS) is 9.47. The van der Waals surface area contributed by atoms with E-state index in [0.717, 1.165) is 17.8 Å². The molecular weight excluding hydrogens is 236 g/mol. The van der Waals surface area contributed by atoms with Crippen molar-refractivity contribution in [1.82, 2.24) is 4.72 Å². The first-order valence-electron chi connectivity index (χ1n) is 4.32. The lowest BCUT2D eigenvalue weighted by atomic mass is 10.3. The number of benzene rings is 1. The molecule has 1 aromatic rings. The topological polar surface area (TPSA) is 50.4 Å². The zero-order chi connectivity index (χ0) is 11.1. The maximum atomic E-state index is 10.9. The van der Waals surface area contributed by atoms with Gasteiger partial charge in [0.05, 0.1) is 18.7 Å². The highest BCUT2D eigenvalue weighted by Gasteiger charge is 1.99. The van der Waals surface area contributed by atoms with Gasteiger partial charge in [0.2, 0.25) is 0 Å². The number of amides is 1. The van der Waals surface area contributed by atoms with E-state index in [-0.39, 0.29) is 0 Å². The first-order chi connectivity index (χ1) is 7.22. The average Bonchev–Trinajstić information content (AvgIpc) is 2.21. The monoisotopic (exact) mass is 246 g/mol. The van der Waals surface area contributed by atoms with Crippen LogP contribution >= 0.6 is 23.7 Å². The van der Waals surface area contributed by atoms with Crippen molar-refractivity contribution in [1.29, 1.82) is 0 Å². The summed E-state index contributed by atoms with van der Waals surface area (Å²) in [6, 6.07) is 7.13. The molecule has 0 saturated carbocycles. The molecule has 1 aromatic carbocycles. The molecule has 0 saturated heterocycles. The molecular formula is C9H11ClN2O2S. The Bertz CT molecular complexity index is 318. The summed E-state index contributed by atoms with van der Waals surface area (Å²) < 4.78 is 10.0. The maximum Gasteiger partial charge on any atom is 0.418 e. The number of carbonyl (C=O) groups is 1. The van der Waals surface area contributed by atoms with Gasteiger partial charge in [-0.1, -0.05) is 11.6 Å². The predicted molar refractivity (Wildman–Crippen MR) is 62.8 cm³/mol. The van der Waals surface area contributed by atoms with Crippen molar-refractivity contribution in [2.75, 3.05) is 11.3 Å². The first kappa shape index (κ1) is 12.0. The average molecular weight is 247 g/mol. The van der Waals surface area contributed by atoms with Crippen LogP contribution in [0.5, 0.6) is 0 Å². The van der Waals surface area contributed by atoms with Crippen LogP contribution in [0.15, 0.2) is 24.3 Å². The van der Waals surface area contributed by atoms with Crippen LogP contribution in [0.2, 0.25) is 5.02 Å². The maximum absolute atomic E-state index is 10.9. The second-order valence-corrected chi connectivity index (χ2v) is 3.58. The van der Waals surface area contributed by atoms with E-state index in [2.05, 4.69) is 14.2 Å². The summed E-state index contributed by atoms with van der Waals surface area (Å²) in [7, 11) is 0. The van der Waals surface area contributed by atoms with Crippen LogP contribution in [0.1, 0.15) is 6.92 Å². The number of halogens is 1. The van der Waals surface area contributed by atoms with Crippen LogP contribution in [0, 0.1) is 0 Å². The largest absolute Gasteiger partial charge is 0.449 e. The quantitative estimate of drug-likeness (QED) is 0.802. The highest BCUT2D eigenvalue weighted by Crippen LogP contribution is 2.15. The molecule has 1 rings (SSSR count). The summed E-state index contributed by atoms with van der Waals surface area (Å²) in [4.78, 5) is 10.9. The Morgan fingerprint density at radius 3 is 2.73 bits per heavy atom. The lowest BCUT2D eigenvalue weighted by Crippen LogP contribution is -2.18. The van der Waals surface area contributed by atoms with Crippen molar-refractivity contribution < 1.29 is 9.53 Å². The Morgan fingerprint density at radius 2 is 2.13 bits per heavy atom. The van der Waals surface area contributed by atoms with Gasteiger partial charge in [-0.2, -0.15) is 0 Å². The second kappa shape index (κ2) is 6.42. The highest BCUT2D eigenvalue weighted by molar-refractivity contribution is 7.99. The zero-order valence-corrected chi connectivity index (χ0v) is 9.69. The van der Waals surface area contributed by atoms with Gasteiger partial charge in [-0.15, -0.1) is 0 Å². The third kappa shape index (κ3) is 4.80. The van der Waals surface area contributed by atoms with E-state index < -0.39 is 6.09 Å². The molecule has 0 atom stereocenters. The van der Waals surface area contributed by atoms with Gasteiger partial charge in [0.15, 0.2) is 0 Å². The Kier molecular flexibility index (Phi) is 5.14. The van der Waals surface area contributed by atoms with E-state index in [9.17, 15) is 4.79 Å². The van der Waals surface area contributed by atoms with E-state index in [4.69, 9.17) is 11.6 Å². The van der Waals surface area contributed by atoms with Gasteiger partial charge in [-0.25, -0.2) is 9.52 Å². The fraction of sp³-hybridized carbons (Fsp3) is 0.222. The molecule has 0 aliphatic heterocycles. The minimum atomic E-state index is -0.469. The Morgan fingerprint density at radius 1 is 1.47 bits per heavy atom. The predicted octanol–water partition coefficient (Wildman–Crippen LogP) is 3.06. The minimum Gasteiger partial charge on any atom is -0.449 e. The van der Waals surface area contributed by atoms with Crippen LogP contribution in [0.3, 0.4) is 0 Å². The van der Waals surface area contributed by atoms with E-state index in [1.807, 2.05) is 12.1 Å². The van der Waals surface area contributed by atoms with Crippen molar-refractivity contribution in [3.63, 3.8) is 0 Å². The minimum absolute atomic E-state index is 0.355. The summed E-state index contributed by atoms with van der Waals surface area (Å²) in [6.07, 6.45) is -0.469. The molecule has 0 radical (unpaired) electrons. The van der Waals surface area contributed by atoms with Gasteiger partial charge < -0.3 is 9.46 Å². The number of nitrogens with one attached hydrogen (secondary N) is 2. The number of carbonyl (C=O) groups excluding carboxylic acids is 1. The molecule has 0 aromatic heterocycles. The first-order valence-corrected chi connectivity index (χ1v) is 5.52. The van der Waals surface area contributed by atoms with Crippen LogP contribution in [0.25, 0.3) is 0 Å². The Balaban J connectivity index is 2.26.